The maximum Gasteiger partial charge on any atom is 0.132 e. The molecule has 0 radical (unpaired) electrons. The van der Waals surface area contributed by atoms with E-state index in [1.165, 1.54) is 0 Å². The first kappa shape index (κ1) is 8.91. The lowest BCUT2D eigenvalue weighted by molar-refractivity contribution is 0.187. The van der Waals surface area contributed by atoms with E-state index in [1.807, 2.05) is 31.2 Å². The first-order valence-electron chi connectivity index (χ1n) is 4.25. The van der Waals surface area contributed by atoms with Crippen molar-refractivity contribution in [3.63, 3.8) is 0 Å². The summed E-state index contributed by atoms with van der Waals surface area (Å²) in [4.78, 5) is 1.12. The smallest absolute Gasteiger partial charge is 0.132 e. The molecular weight excluding hydrogens is 184 g/mol. The Hall–Kier alpha value is -0.670. The number of hydrogen-bond acceptors (Lipinski definition) is 3. The summed E-state index contributed by atoms with van der Waals surface area (Å²) < 4.78 is 5.36. The van der Waals surface area contributed by atoms with Crippen LogP contribution in [0.1, 0.15) is 6.92 Å². The molecule has 1 N–H and O–H groups in total. The topological polar surface area (TPSA) is 29.5 Å². The molecule has 3 heteroatoms. The molecular formula is C10H12O2S. The van der Waals surface area contributed by atoms with Gasteiger partial charge in [-0.05, 0) is 19.1 Å². The molecule has 0 spiro atoms. The van der Waals surface area contributed by atoms with Gasteiger partial charge >= 0.3 is 0 Å². The molecule has 1 aliphatic heterocycles. The van der Waals surface area contributed by atoms with Gasteiger partial charge in [-0.25, -0.2) is 0 Å². The Morgan fingerprint density at radius 2 is 2.31 bits per heavy atom. The van der Waals surface area contributed by atoms with Gasteiger partial charge in [-0.1, -0.05) is 12.1 Å². The Morgan fingerprint density at radius 1 is 1.54 bits per heavy atom. The second-order valence-corrected chi connectivity index (χ2v) is 5.08. The van der Waals surface area contributed by atoms with E-state index in [1.54, 1.807) is 11.8 Å². The third-order valence-electron chi connectivity index (χ3n) is 2.07. The van der Waals surface area contributed by atoms with Crippen molar-refractivity contribution in [2.45, 2.75) is 16.6 Å². The van der Waals surface area contributed by atoms with Crippen LogP contribution in [0.5, 0.6) is 5.75 Å². The van der Waals surface area contributed by atoms with Crippen molar-refractivity contribution in [2.75, 3.05) is 13.2 Å². The summed E-state index contributed by atoms with van der Waals surface area (Å²) in [6.45, 7) is 2.73. The highest BCUT2D eigenvalue weighted by Gasteiger charge is 2.31. The summed E-state index contributed by atoms with van der Waals surface area (Å²) in [6, 6.07) is 7.92. The fourth-order valence-electron chi connectivity index (χ4n) is 1.26. The molecule has 1 heterocycles. The van der Waals surface area contributed by atoms with Gasteiger partial charge in [-0.15, -0.1) is 11.8 Å². The van der Waals surface area contributed by atoms with E-state index in [2.05, 4.69) is 0 Å². The van der Waals surface area contributed by atoms with Crippen LogP contribution in [-0.4, -0.2) is 23.1 Å². The van der Waals surface area contributed by atoms with E-state index in [0.29, 0.717) is 6.61 Å². The molecule has 1 unspecified atom stereocenters. The summed E-state index contributed by atoms with van der Waals surface area (Å²) in [5, 5.41) is 9.18. The normalized spacial score (nSPS) is 26.3. The highest BCUT2D eigenvalue weighted by atomic mass is 32.2. The van der Waals surface area contributed by atoms with Crippen LogP contribution in [0.4, 0.5) is 0 Å². The fourth-order valence-corrected chi connectivity index (χ4v) is 2.34. The number of benzene rings is 1. The number of rotatable bonds is 1. The van der Waals surface area contributed by atoms with Crippen LogP contribution >= 0.6 is 11.8 Å². The Balaban J connectivity index is 2.29. The lowest BCUT2D eigenvalue weighted by Crippen LogP contribution is -2.35. The zero-order valence-corrected chi connectivity index (χ0v) is 8.30. The Labute approximate surface area is 81.9 Å². The first-order valence-corrected chi connectivity index (χ1v) is 5.07. The van der Waals surface area contributed by atoms with Crippen molar-refractivity contribution in [2.24, 2.45) is 0 Å². The maximum absolute atomic E-state index is 9.18. The number of ether oxygens (including phenoxy) is 1. The van der Waals surface area contributed by atoms with Gasteiger partial charge in [0, 0.05) is 0 Å². The number of hydrogen-bond donors (Lipinski definition) is 1. The maximum atomic E-state index is 9.18. The largest absolute Gasteiger partial charge is 0.491 e. The molecule has 0 aromatic heterocycles. The lowest BCUT2D eigenvalue weighted by atomic mass is 10.2. The average molecular weight is 196 g/mol. The van der Waals surface area contributed by atoms with Crippen molar-refractivity contribution in [1.29, 1.82) is 0 Å². The minimum Gasteiger partial charge on any atom is -0.491 e. The Bertz CT molecular complexity index is 314. The van der Waals surface area contributed by atoms with Gasteiger partial charge in [0.05, 0.1) is 16.2 Å². The van der Waals surface area contributed by atoms with Crippen molar-refractivity contribution >= 4 is 11.8 Å². The summed E-state index contributed by atoms with van der Waals surface area (Å²) in [6.07, 6.45) is 0. The summed E-state index contributed by atoms with van der Waals surface area (Å²) in [5.74, 6) is 0.929. The van der Waals surface area contributed by atoms with Crippen LogP contribution in [-0.2, 0) is 0 Å². The van der Waals surface area contributed by atoms with Gasteiger partial charge in [-0.2, -0.15) is 0 Å². The lowest BCUT2D eigenvalue weighted by Gasteiger charge is -2.32. The quantitative estimate of drug-likeness (QED) is 0.744. The van der Waals surface area contributed by atoms with Crippen molar-refractivity contribution < 1.29 is 9.84 Å². The number of fused-ring (bicyclic) bond motifs is 1. The van der Waals surface area contributed by atoms with Gasteiger partial charge in [0.1, 0.15) is 12.4 Å². The SMILES string of the molecule is CC1(CO)COc2ccccc2S1. The molecule has 0 aliphatic carbocycles. The third-order valence-corrected chi connectivity index (χ3v) is 3.37. The Kier molecular flexibility index (Phi) is 2.22. The molecule has 0 bridgehead atoms. The molecule has 1 aromatic carbocycles. The minimum atomic E-state index is -0.186. The van der Waals surface area contributed by atoms with Gasteiger partial charge in [0.25, 0.3) is 0 Å². The predicted octanol–water partition coefficient (Wildman–Crippen LogP) is 1.92. The average Bonchev–Trinajstić information content (AvgIpc) is 2.18. The van der Waals surface area contributed by atoms with E-state index in [-0.39, 0.29) is 11.4 Å². The van der Waals surface area contributed by atoms with Crippen molar-refractivity contribution in [3.05, 3.63) is 24.3 Å². The zero-order chi connectivity index (χ0) is 9.31. The molecule has 70 valence electrons. The van der Waals surface area contributed by atoms with Gasteiger partial charge in [0.2, 0.25) is 0 Å². The molecule has 2 nitrogen and oxygen atoms in total. The molecule has 0 saturated carbocycles. The molecule has 13 heavy (non-hydrogen) atoms. The van der Waals surface area contributed by atoms with E-state index in [9.17, 15) is 5.11 Å². The highest BCUT2D eigenvalue weighted by Crippen LogP contribution is 2.42. The van der Waals surface area contributed by atoms with E-state index in [4.69, 9.17) is 4.74 Å². The zero-order valence-electron chi connectivity index (χ0n) is 7.49. The number of para-hydroxylation sites is 1. The molecule has 0 amide bonds. The van der Waals surface area contributed by atoms with Gasteiger partial charge in [-0.3, -0.25) is 0 Å². The standard InChI is InChI=1S/C10H12O2S/c1-10(6-11)7-12-8-4-2-3-5-9(8)13-10/h2-5,11H,6-7H2,1H3. The van der Waals surface area contributed by atoms with Crippen LogP contribution < -0.4 is 4.74 Å². The summed E-state index contributed by atoms with van der Waals surface area (Å²) >= 11 is 1.68. The van der Waals surface area contributed by atoms with Crippen molar-refractivity contribution in [1.82, 2.24) is 0 Å². The predicted molar refractivity (Wildman–Crippen MR) is 53.3 cm³/mol. The summed E-state index contributed by atoms with van der Waals surface area (Å²) in [5.41, 5.74) is 0. The van der Waals surface area contributed by atoms with E-state index < -0.39 is 0 Å². The molecule has 1 aromatic rings. The minimum absolute atomic E-state index is 0.145. The Morgan fingerprint density at radius 3 is 3.08 bits per heavy atom. The summed E-state index contributed by atoms with van der Waals surface area (Å²) in [7, 11) is 0. The molecule has 0 fully saturated rings. The molecule has 2 rings (SSSR count). The number of aliphatic hydroxyl groups excluding tert-OH is 1. The monoisotopic (exact) mass is 196 g/mol. The molecule has 1 aliphatic rings. The van der Waals surface area contributed by atoms with E-state index >= 15 is 0 Å². The second-order valence-electron chi connectivity index (χ2n) is 3.45. The van der Waals surface area contributed by atoms with Crippen LogP contribution in [0.15, 0.2) is 29.2 Å². The van der Waals surface area contributed by atoms with E-state index in [0.717, 1.165) is 10.6 Å². The molecule has 1 atom stereocenters. The molecule has 0 saturated heterocycles. The second kappa shape index (κ2) is 3.24. The first-order chi connectivity index (χ1) is 6.23. The van der Waals surface area contributed by atoms with Gasteiger partial charge in [0.15, 0.2) is 0 Å². The van der Waals surface area contributed by atoms with Crippen LogP contribution in [0.25, 0.3) is 0 Å². The van der Waals surface area contributed by atoms with Crippen molar-refractivity contribution in [3.8, 4) is 5.75 Å². The van der Waals surface area contributed by atoms with Gasteiger partial charge < -0.3 is 9.84 Å². The fraction of sp³-hybridized carbons (Fsp3) is 0.400. The van der Waals surface area contributed by atoms with Crippen LogP contribution in [0.2, 0.25) is 0 Å². The van der Waals surface area contributed by atoms with Crippen LogP contribution in [0, 0.1) is 0 Å². The highest BCUT2D eigenvalue weighted by molar-refractivity contribution is 8.00. The van der Waals surface area contributed by atoms with Crippen LogP contribution in [0.3, 0.4) is 0 Å². The number of thioether (sulfide) groups is 1. The third kappa shape index (κ3) is 1.67. The number of aliphatic hydroxyl groups is 1.